The third-order valence-electron chi connectivity index (χ3n) is 5.95. The molecule has 136 valence electrons. The molecule has 0 amide bonds. The Morgan fingerprint density at radius 2 is 1.85 bits per heavy atom. The molecule has 0 aromatic carbocycles. The molecule has 1 N–H and O–H groups in total. The van der Waals surface area contributed by atoms with E-state index in [1.54, 1.807) is 6.33 Å². The fourth-order valence-electron chi connectivity index (χ4n) is 4.66. The average molecular weight is 356 g/mol. The van der Waals surface area contributed by atoms with Gasteiger partial charge in [0, 0.05) is 49.3 Å². The van der Waals surface area contributed by atoms with Crippen LogP contribution in [0.25, 0.3) is 0 Å². The van der Waals surface area contributed by atoms with Crippen molar-refractivity contribution in [1.82, 2.24) is 19.9 Å². The SMILES string of the molecule is Cc1nc(N2CC3CN(c4ncnc5c4CCC5)CC3C2)[nH]c(=O)c1F. The van der Waals surface area contributed by atoms with E-state index in [0.717, 1.165) is 44.8 Å². The molecule has 0 radical (unpaired) electrons. The Hall–Kier alpha value is -2.51. The highest BCUT2D eigenvalue weighted by Gasteiger charge is 2.42. The Bertz CT molecular complexity index is 914. The van der Waals surface area contributed by atoms with Gasteiger partial charge in [0.1, 0.15) is 12.1 Å². The molecule has 5 rings (SSSR count). The normalized spacial score (nSPS) is 24.2. The molecule has 2 atom stereocenters. The van der Waals surface area contributed by atoms with Crippen molar-refractivity contribution in [3.63, 3.8) is 0 Å². The monoisotopic (exact) mass is 356 g/mol. The Kier molecular flexibility index (Phi) is 3.48. The van der Waals surface area contributed by atoms with Gasteiger partial charge in [-0.15, -0.1) is 0 Å². The molecule has 0 bridgehead atoms. The van der Waals surface area contributed by atoms with E-state index >= 15 is 0 Å². The van der Waals surface area contributed by atoms with E-state index in [-0.39, 0.29) is 5.69 Å². The summed E-state index contributed by atoms with van der Waals surface area (Å²) in [4.78, 5) is 32.0. The maximum absolute atomic E-state index is 13.5. The van der Waals surface area contributed by atoms with E-state index in [1.807, 2.05) is 0 Å². The molecule has 0 spiro atoms. The fraction of sp³-hybridized carbons (Fsp3) is 0.556. The Morgan fingerprint density at radius 1 is 1.12 bits per heavy atom. The predicted octanol–water partition coefficient (Wildman–Crippen LogP) is 1.07. The lowest BCUT2D eigenvalue weighted by Crippen LogP contribution is -2.32. The molecule has 0 saturated carbocycles. The molecule has 2 aliphatic heterocycles. The summed E-state index contributed by atoms with van der Waals surface area (Å²) in [5.74, 6) is 1.79. The van der Waals surface area contributed by atoms with Gasteiger partial charge in [0.2, 0.25) is 11.8 Å². The minimum atomic E-state index is -0.795. The number of fused-ring (bicyclic) bond motifs is 2. The lowest BCUT2D eigenvalue weighted by Gasteiger charge is -2.24. The van der Waals surface area contributed by atoms with Gasteiger partial charge in [0.25, 0.3) is 5.56 Å². The number of aryl methyl sites for hydroxylation is 2. The summed E-state index contributed by atoms with van der Waals surface area (Å²) in [6.45, 7) is 5.08. The van der Waals surface area contributed by atoms with Crippen molar-refractivity contribution in [2.45, 2.75) is 26.2 Å². The lowest BCUT2D eigenvalue weighted by atomic mass is 10.0. The molecule has 4 heterocycles. The highest BCUT2D eigenvalue weighted by atomic mass is 19.1. The number of nitrogens with one attached hydrogen (secondary N) is 1. The van der Waals surface area contributed by atoms with Gasteiger partial charge in [-0.05, 0) is 26.2 Å². The minimum Gasteiger partial charge on any atom is -0.356 e. The first kappa shape index (κ1) is 15.7. The van der Waals surface area contributed by atoms with Gasteiger partial charge in [-0.25, -0.2) is 15.0 Å². The van der Waals surface area contributed by atoms with Crippen LogP contribution in [-0.4, -0.2) is 46.1 Å². The number of anilines is 2. The molecule has 2 saturated heterocycles. The molecule has 8 heteroatoms. The second kappa shape index (κ2) is 5.75. The number of rotatable bonds is 2. The third kappa shape index (κ3) is 2.39. The summed E-state index contributed by atoms with van der Waals surface area (Å²) < 4.78 is 13.5. The van der Waals surface area contributed by atoms with Crippen molar-refractivity contribution < 1.29 is 4.39 Å². The molecule has 3 aliphatic rings. The van der Waals surface area contributed by atoms with E-state index < -0.39 is 11.4 Å². The molecule has 2 unspecified atom stereocenters. The van der Waals surface area contributed by atoms with Crippen molar-refractivity contribution in [1.29, 1.82) is 0 Å². The van der Waals surface area contributed by atoms with Crippen molar-refractivity contribution in [3.05, 3.63) is 39.4 Å². The van der Waals surface area contributed by atoms with E-state index in [2.05, 4.69) is 29.7 Å². The maximum atomic E-state index is 13.5. The van der Waals surface area contributed by atoms with Crippen molar-refractivity contribution >= 4 is 11.8 Å². The molecule has 1 aliphatic carbocycles. The smallest absolute Gasteiger partial charge is 0.288 e. The third-order valence-corrected chi connectivity index (χ3v) is 5.95. The number of H-pyrrole nitrogens is 1. The standard InChI is InChI=1S/C18H21FN6O/c1-10-15(19)17(26)23-18(22-10)25-7-11-5-24(6-12(11)8-25)16-13-3-2-4-14(13)20-9-21-16/h9,11-12H,2-8H2,1H3,(H,22,23,26). The first-order chi connectivity index (χ1) is 12.6. The van der Waals surface area contributed by atoms with Crippen molar-refractivity contribution in [3.8, 4) is 0 Å². The van der Waals surface area contributed by atoms with Gasteiger partial charge in [-0.2, -0.15) is 4.39 Å². The summed E-state index contributed by atoms with van der Waals surface area (Å²) in [5.41, 5.74) is 1.99. The number of halogens is 1. The number of hydrogen-bond donors (Lipinski definition) is 1. The molecule has 2 aromatic rings. The number of aromatic nitrogens is 4. The van der Waals surface area contributed by atoms with Gasteiger partial charge in [0.05, 0.1) is 5.69 Å². The molecular weight excluding hydrogens is 335 g/mol. The predicted molar refractivity (Wildman–Crippen MR) is 95.0 cm³/mol. The summed E-state index contributed by atoms with van der Waals surface area (Å²) in [6, 6.07) is 0. The summed E-state index contributed by atoms with van der Waals surface area (Å²) >= 11 is 0. The first-order valence-electron chi connectivity index (χ1n) is 9.19. The van der Waals surface area contributed by atoms with E-state index in [0.29, 0.717) is 17.8 Å². The summed E-state index contributed by atoms with van der Waals surface area (Å²) in [7, 11) is 0. The fourth-order valence-corrected chi connectivity index (χ4v) is 4.66. The zero-order valence-corrected chi connectivity index (χ0v) is 14.7. The van der Waals surface area contributed by atoms with Crippen LogP contribution >= 0.6 is 0 Å². The maximum Gasteiger partial charge on any atom is 0.288 e. The van der Waals surface area contributed by atoms with Gasteiger partial charge in [-0.1, -0.05) is 0 Å². The number of hydrogen-bond acceptors (Lipinski definition) is 6. The van der Waals surface area contributed by atoms with Gasteiger partial charge >= 0.3 is 0 Å². The first-order valence-corrected chi connectivity index (χ1v) is 9.19. The molecule has 7 nitrogen and oxygen atoms in total. The Labute approximate surface area is 150 Å². The van der Waals surface area contributed by atoms with Crippen LogP contribution in [-0.2, 0) is 12.8 Å². The van der Waals surface area contributed by atoms with Gasteiger partial charge in [-0.3, -0.25) is 9.78 Å². The molecule has 2 fully saturated rings. The Morgan fingerprint density at radius 3 is 2.58 bits per heavy atom. The zero-order valence-electron chi connectivity index (χ0n) is 14.7. The van der Waals surface area contributed by atoms with Gasteiger partial charge in [0.15, 0.2) is 0 Å². The van der Waals surface area contributed by atoms with Crippen LogP contribution in [0.2, 0.25) is 0 Å². The quantitative estimate of drug-likeness (QED) is 0.867. The lowest BCUT2D eigenvalue weighted by molar-refractivity contribution is 0.533. The van der Waals surface area contributed by atoms with E-state index in [4.69, 9.17) is 0 Å². The second-order valence-electron chi connectivity index (χ2n) is 7.60. The van der Waals surface area contributed by atoms with Crippen LogP contribution < -0.4 is 15.4 Å². The molecule has 26 heavy (non-hydrogen) atoms. The van der Waals surface area contributed by atoms with Crippen LogP contribution in [0.15, 0.2) is 11.1 Å². The van der Waals surface area contributed by atoms with Crippen molar-refractivity contribution in [2.75, 3.05) is 36.0 Å². The van der Waals surface area contributed by atoms with Crippen LogP contribution in [0.4, 0.5) is 16.2 Å². The highest BCUT2D eigenvalue weighted by Crippen LogP contribution is 2.37. The van der Waals surface area contributed by atoms with E-state index in [9.17, 15) is 9.18 Å². The highest BCUT2D eigenvalue weighted by molar-refractivity contribution is 5.52. The van der Waals surface area contributed by atoms with E-state index in [1.165, 1.54) is 24.6 Å². The summed E-state index contributed by atoms with van der Waals surface area (Å²) in [5, 5.41) is 0. The second-order valence-corrected chi connectivity index (χ2v) is 7.60. The number of aromatic amines is 1. The van der Waals surface area contributed by atoms with Crippen LogP contribution in [0, 0.1) is 24.6 Å². The average Bonchev–Trinajstić information content (AvgIpc) is 3.32. The number of nitrogens with zero attached hydrogens (tertiary/aromatic N) is 5. The largest absolute Gasteiger partial charge is 0.356 e. The Balaban J connectivity index is 1.34. The van der Waals surface area contributed by atoms with Crippen LogP contribution in [0.1, 0.15) is 23.4 Å². The van der Waals surface area contributed by atoms with Crippen LogP contribution in [0.3, 0.4) is 0 Å². The zero-order chi connectivity index (χ0) is 17.8. The van der Waals surface area contributed by atoms with Crippen molar-refractivity contribution in [2.24, 2.45) is 11.8 Å². The summed E-state index contributed by atoms with van der Waals surface area (Å²) in [6.07, 6.45) is 4.99. The van der Waals surface area contributed by atoms with Crippen LogP contribution in [0.5, 0.6) is 0 Å². The minimum absolute atomic E-state index is 0.152. The molecular formula is C18H21FN6O. The molecule has 2 aromatic heterocycles. The topological polar surface area (TPSA) is 78.0 Å². The van der Waals surface area contributed by atoms with Gasteiger partial charge < -0.3 is 9.80 Å².